The Bertz CT molecular complexity index is 513. The van der Waals surface area contributed by atoms with Crippen LogP contribution in [0.4, 0.5) is 5.69 Å². The zero-order chi connectivity index (χ0) is 13.6. The molecule has 1 heterocycles. The van der Waals surface area contributed by atoms with Gasteiger partial charge >= 0.3 is 0 Å². The summed E-state index contributed by atoms with van der Waals surface area (Å²) in [6.07, 6.45) is 8.91. The van der Waals surface area contributed by atoms with Crippen molar-refractivity contribution < 1.29 is 0 Å². The molecule has 0 spiro atoms. The first-order valence-electron chi connectivity index (χ1n) is 7.65. The molecule has 1 aromatic heterocycles. The van der Waals surface area contributed by atoms with Gasteiger partial charge in [-0.2, -0.15) is 0 Å². The van der Waals surface area contributed by atoms with E-state index in [1.54, 1.807) is 0 Å². The fourth-order valence-corrected chi connectivity index (χ4v) is 2.97. The monoisotopic (exact) mass is 266 g/mol. The molecule has 0 bridgehead atoms. The molecular formula is C18H22N2. The van der Waals surface area contributed by atoms with E-state index in [1.807, 2.05) is 18.2 Å². The highest BCUT2D eigenvalue weighted by atomic mass is 14.9. The summed E-state index contributed by atoms with van der Waals surface area (Å²) in [7, 11) is 0. The van der Waals surface area contributed by atoms with Crippen molar-refractivity contribution in [2.75, 3.05) is 5.32 Å². The zero-order valence-electron chi connectivity index (χ0n) is 11.9. The maximum Gasteiger partial charge on any atom is 0.0594 e. The van der Waals surface area contributed by atoms with Gasteiger partial charge in [-0.25, -0.2) is 0 Å². The summed E-state index contributed by atoms with van der Waals surface area (Å²) in [4.78, 5) is 4.61. The Morgan fingerprint density at radius 2 is 1.75 bits per heavy atom. The van der Waals surface area contributed by atoms with Crippen LogP contribution in [0, 0.1) is 0 Å². The minimum absolute atomic E-state index is 0.743. The molecule has 0 radical (unpaired) electrons. The lowest BCUT2D eigenvalue weighted by Gasteiger charge is -2.21. The van der Waals surface area contributed by atoms with Gasteiger partial charge in [-0.1, -0.05) is 43.5 Å². The quantitative estimate of drug-likeness (QED) is 0.864. The minimum atomic E-state index is 0.743. The molecular weight excluding hydrogens is 244 g/mol. The number of anilines is 1. The third kappa shape index (κ3) is 3.38. The number of nitrogens with one attached hydrogen (secondary N) is 1. The second kappa shape index (κ2) is 6.56. The molecule has 20 heavy (non-hydrogen) atoms. The van der Waals surface area contributed by atoms with Crippen molar-refractivity contribution in [2.24, 2.45) is 0 Å². The molecule has 1 aromatic carbocycles. The van der Waals surface area contributed by atoms with E-state index in [-0.39, 0.29) is 0 Å². The predicted molar refractivity (Wildman–Crippen MR) is 83.8 cm³/mol. The van der Waals surface area contributed by atoms with Crippen molar-refractivity contribution >= 4 is 5.69 Å². The van der Waals surface area contributed by atoms with Gasteiger partial charge in [0.05, 0.1) is 12.2 Å². The normalized spacial score (nSPS) is 16.0. The first kappa shape index (κ1) is 13.2. The number of nitrogens with zero attached hydrogens (tertiary/aromatic N) is 1. The maximum atomic E-state index is 4.61. The van der Waals surface area contributed by atoms with Crippen molar-refractivity contribution in [1.29, 1.82) is 0 Å². The SMILES string of the molecule is c1ccc(NCc2ccc(C3CCCCC3)cn2)cc1. The van der Waals surface area contributed by atoms with E-state index in [0.29, 0.717) is 0 Å². The molecule has 1 aliphatic carbocycles. The number of hydrogen-bond acceptors (Lipinski definition) is 2. The van der Waals surface area contributed by atoms with Crippen molar-refractivity contribution in [3.05, 3.63) is 59.9 Å². The smallest absolute Gasteiger partial charge is 0.0594 e. The fraction of sp³-hybridized carbons (Fsp3) is 0.389. The summed E-state index contributed by atoms with van der Waals surface area (Å²) in [6.45, 7) is 0.787. The lowest BCUT2D eigenvalue weighted by Crippen LogP contribution is -2.06. The summed E-state index contributed by atoms with van der Waals surface area (Å²) >= 11 is 0. The summed E-state index contributed by atoms with van der Waals surface area (Å²) in [5.41, 5.74) is 3.67. The van der Waals surface area contributed by atoms with E-state index >= 15 is 0 Å². The number of benzene rings is 1. The fourth-order valence-electron chi connectivity index (χ4n) is 2.97. The van der Waals surface area contributed by atoms with E-state index in [1.165, 1.54) is 37.7 Å². The number of hydrogen-bond donors (Lipinski definition) is 1. The van der Waals surface area contributed by atoms with E-state index in [0.717, 1.165) is 23.8 Å². The molecule has 2 heteroatoms. The number of rotatable bonds is 4. The van der Waals surface area contributed by atoms with Gasteiger partial charge in [0.1, 0.15) is 0 Å². The molecule has 3 rings (SSSR count). The average molecular weight is 266 g/mol. The van der Waals surface area contributed by atoms with Gasteiger partial charge in [-0.15, -0.1) is 0 Å². The second-order valence-electron chi connectivity index (χ2n) is 5.64. The van der Waals surface area contributed by atoms with Gasteiger partial charge < -0.3 is 5.32 Å². The Hall–Kier alpha value is -1.83. The van der Waals surface area contributed by atoms with Crippen molar-refractivity contribution in [1.82, 2.24) is 4.98 Å². The largest absolute Gasteiger partial charge is 0.379 e. The first-order chi connectivity index (χ1) is 9.92. The van der Waals surface area contributed by atoms with Crippen molar-refractivity contribution in [3.8, 4) is 0 Å². The Balaban J connectivity index is 1.58. The van der Waals surface area contributed by atoms with E-state index < -0.39 is 0 Å². The molecule has 2 aromatic rings. The Morgan fingerprint density at radius 1 is 0.950 bits per heavy atom. The van der Waals surface area contributed by atoms with Crippen LogP contribution in [0.3, 0.4) is 0 Å². The topological polar surface area (TPSA) is 24.9 Å². The molecule has 0 unspecified atom stereocenters. The van der Waals surface area contributed by atoms with Crippen LogP contribution in [-0.2, 0) is 6.54 Å². The van der Waals surface area contributed by atoms with E-state index in [4.69, 9.17) is 0 Å². The summed E-state index contributed by atoms with van der Waals surface area (Å²) < 4.78 is 0. The Kier molecular flexibility index (Phi) is 4.32. The van der Waals surface area contributed by atoms with Crippen LogP contribution in [0.25, 0.3) is 0 Å². The van der Waals surface area contributed by atoms with Gasteiger partial charge in [-0.3, -0.25) is 4.98 Å². The molecule has 1 fully saturated rings. The van der Waals surface area contributed by atoms with Crippen LogP contribution in [0.15, 0.2) is 48.7 Å². The highest BCUT2D eigenvalue weighted by molar-refractivity contribution is 5.42. The van der Waals surface area contributed by atoms with Crippen LogP contribution in [-0.4, -0.2) is 4.98 Å². The van der Waals surface area contributed by atoms with Crippen molar-refractivity contribution in [3.63, 3.8) is 0 Å². The molecule has 0 aliphatic heterocycles. The highest BCUT2D eigenvalue weighted by Gasteiger charge is 2.15. The summed E-state index contributed by atoms with van der Waals surface area (Å²) in [5.74, 6) is 0.743. The zero-order valence-corrected chi connectivity index (χ0v) is 11.9. The lowest BCUT2D eigenvalue weighted by atomic mass is 9.85. The predicted octanol–water partition coefficient (Wildman–Crippen LogP) is 4.74. The van der Waals surface area contributed by atoms with Crippen LogP contribution >= 0.6 is 0 Å². The van der Waals surface area contributed by atoms with E-state index in [2.05, 4.69) is 40.8 Å². The van der Waals surface area contributed by atoms with Gasteiger partial charge in [0.2, 0.25) is 0 Å². The summed E-state index contributed by atoms with van der Waals surface area (Å²) in [6, 6.07) is 14.7. The lowest BCUT2D eigenvalue weighted by molar-refractivity contribution is 0.443. The molecule has 0 amide bonds. The Morgan fingerprint density at radius 3 is 2.45 bits per heavy atom. The minimum Gasteiger partial charge on any atom is -0.379 e. The van der Waals surface area contributed by atoms with Crippen molar-refractivity contribution in [2.45, 2.75) is 44.6 Å². The molecule has 1 N–H and O–H groups in total. The van der Waals surface area contributed by atoms with Gasteiger partial charge in [-0.05, 0) is 42.5 Å². The number of aromatic nitrogens is 1. The molecule has 104 valence electrons. The summed E-state index contributed by atoms with van der Waals surface area (Å²) in [5, 5.41) is 3.40. The first-order valence-corrected chi connectivity index (χ1v) is 7.65. The molecule has 0 atom stereocenters. The highest BCUT2D eigenvalue weighted by Crippen LogP contribution is 2.32. The van der Waals surface area contributed by atoms with Crippen LogP contribution in [0.1, 0.15) is 49.3 Å². The number of para-hydroxylation sites is 1. The average Bonchev–Trinajstić information content (AvgIpc) is 2.55. The number of pyridine rings is 1. The maximum absolute atomic E-state index is 4.61. The van der Waals surface area contributed by atoms with Crippen LogP contribution in [0.2, 0.25) is 0 Å². The molecule has 1 aliphatic rings. The van der Waals surface area contributed by atoms with Crippen LogP contribution < -0.4 is 5.32 Å². The van der Waals surface area contributed by atoms with Gasteiger partial charge in [0, 0.05) is 11.9 Å². The second-order valence-corrected chi connectivity index (χ2v) is 5.64. The molecule has 0 saturated heterocycles. The van der Waals surface area contributed by atoms with Crippen LogP contribution in [0.5, 0.6) is 0 Å². The standard InChI is InChI=1S/C18H22N2/c1-3-7-15(8-4-1)16-11-12-18(19-13-16)14-20-17-9-5-2-6-10-17/h2,5-6,9-13,15,20H,1,3-4,7-8,14H2. The Labute approximate surface area is 121 Å². The van der Waals surface area contributed by atoms with Gasteiger partial charge in [0.25, 0.3) is 0 Å². The third-order valence-corrected chi connectivity index (χ3v) is 4.17. The van der Waals surface area contributed by atoms with E-state index in [9.17, 15) is 0 Å². The molecule has 2 nitrogen and oxygen atoms in total. The van der Waals surface area contributed by atoms with Gasteiger partial charge in [0.15, 0.2) is 0 Å². The third-order valence-electron chi connectivity index (χ3n) is 4.17. The molecule has 1 saturated carbocycles.